The quantitative estimate of drug-likeness (QED) is 0.373. The summed E-state index contributed by atoms with van der Waals surface area (Å²) in [5.74, 6) is -0.669. The molecule has 1 heterocycles. The third-order valence-corrected chi connectivity index (χ3v) is 2.63. The van der Waals surface area contributed by atoms with E-state index in [-0.39, 0.29) is 11.4 Å². The Morgan fingerprint density at radius 3 is 2.57 bits per heavy atom. The predicted octanol–water partition coefficient (Wildman–Crippen LogP) is 3.09. The van der Waals surface area contributed by atoms with E-state index < -0.39 is 10.9 Å². The summed E-state index contributed by atoms with van der Waals surface area (Å²) in [7, 11) is 0. The minimum atomic E-state index is -0.603. The summed E-state index contributed by atoms with van der Waals surface area (Å²) in [5.41, 5.74) is 0.978. The van der Waals surface area contributed by atoms with Crippen molar-refractivity contribution in [3.05, 3.63) is 64.0 Å². The Morgan fingerprint density at radius 2 is 1.95 bits per heavy atom. The van der Waals surface area contributed by atoms with Crippen LogP contribution in [0.15, 0.2) is 42.7 Å². The summed E-state index contributed by atoms with van der Waals surface area (Å²) < 4.78 is 4.87. The van der Waals surface area contributed by atoms with Crippen molar-refractivity contribution in [1.29, 1.82) is 0 Å². The van der Waals surface area contributed by atoms with Crippen LogP contribution in [0.3, 0.4) is 0 Å². The van der Waals surface area contributed by atoms with Gasteiger partial charge in [-0.15, -0.1) is 0 Å². The Hall–Kier alpha value is -3.02. The summed E-state index contributed by atoms with van der Waals surface area (Å²) in [6, 6.07) is 8.13. The second-order valence-corrected chi connectivity index (χ2v) is 4.16. The van der Waals surface area contributed by atoms with E-state index in [2.05, 4.69) is 4.98 Å². The number of pyridine rings is 1. The first-order valence-electron chi connectivity index (χ1n) is 6.12. The molecule has 1 aromatic heterocycles. The van der Waals surface area contributed by atoms with Gasteiger partial charge in [-0.25, -0.2) is 0 Å². The summed E-state index contributed by atoms with van der Waals surface area (Å²) in [6.07, 6.45) is 6.58. The zero-order valence-electron chi connectivity index (χ0n) is 11.2. The zero-order valence-corrected chi connectivity index (χ0v) is 11.2. The lowest BCUT2D eigenvalue weighted by Crippen LogP contribution is -2.04. The van der Waals surface area contributed by atoms with Gasteiger partial charge in [-0.1, -0.05) is 12.1 Å². The average Bonchev–Trinajstić information content (AvgIpc) is 2.45. The molecule has 6 nitrogen and oxygen atoms in total. The number of nitrogens with zero attached hydrogens (tertiary/aromatic N) is 2. The number of benzene rings is 1. The highest BCUT2D eigenvalue weighted by Crippen LogP contribution is 2.32. The molecule has 0 amide bonds. The van der Waals surface area contributed by atoms with E-state index in [1.54, 1.807) is 48.8 Å². The number of esters is 1. The molecule has 0 N–H and O–H groups in total. The molecule has 0 aliphatic carbocycles. The van der Waals surface area contributed by atoms with Crippen LogP contribution in [0.4, 0.5) is 5.69 Å². The molecule has 21 heavy (non-hydrogen) atoms. The van der Waals surface area contributed by atoms with Gasteiger partial charge in [0.15, 0.2) is 0 Å². The first-order valence-corrected chi connectivity index (χ1v) is 6.12. The molecule has 0 fully saturated rings. The van der Waals surface area contributed by atoms with E-state index in [9.17, 15) is 14.9 Å². The molecule has 0 aliphatic rings. The van der Waals surface area contributed by atoms with Gasteiger partial charge in [0.25, 0.3) is 0 Å². The second-order valence-electron chi connectivity index (χ2n) is 4.16. The maximum absolute atomic E-state index is 11.2. The van der Waals surface area contributed by atoms with E-state index in [0.29, 0.717) is 5.56 Å². The summed E-state index contributed by atoms with van der Waals surface area (Å²) in [6.45, 7) is 1.20. The Balaban J connectivity index is 2.41. The van der Waals surface area contributed by atoms with Crippen molar-refractivity contribution in [2.75, 3.05) is 0 Å². The normalized spacial score (nSPS) is 10.5. The molecular weight excluding hydrogens is 272 g/mol. The highest BCUT2D eigenvalue weighted by atomic mass is 16.6. The van der Waals surface area contributed by atoms with E-state index in [1.807, 2.05) is 0 Å². The molecule has 2 aromatic rings. The van der Waals surface area contributed by atoms with Gasteiger partial charge >= 0.3 is 11.7 Å². The number of nitro groups is 1. The number of rotatable bonds is 4. The van der Waals surface area contributed by atoms with Gasteiger partial charge in [0.2, 0.25) is 5.75 Å². The van der Waals surface area contributed by atoms with Crippen LogP contribution < -0.4 is 4.74 Å². The van der Waals surface area contributed by atoms with Crippen molar-refractivity contribution >= 4 is 23.8 Å². The number of para-hydroxylation sites is 1. The second kappa shape index (κ2) is 6.42. The number of nitro benzene ring substituents is 1. The van der Waals surface area contributed by atoms with Crippen molar-refractivity contribution in [3.8, 4) is 5.75 Å². The van der Waals surface area contributed by atoms with Crippen LogP contribution in [0.2, 0.25) is 0 Å². The van der Waals surface area contributed by atoms with E-state index in [0.717, 1.165) is 5.56 Å². The number of carbonyl (C=O) groups excluding carboxylic acids is 1. The van der Waals surface area contributed by atoms with Gasteiger partial charge in [-0.3, -0.25) is 19.9 Å². The average molecular weight is 284 g/mol. The van der Waals surface area contributed by atoms with Crippen molar-refractivity contribution in [2.24, 2.45) is 0 Å². The predicted molar refractivity (Wildman–Crippen MR) is 77.6 cm³/mol. The number of aromatic nitrogens is 1. The van der Waals surface area contributed by atoms with Crippen LogP contribution in [-0.2, 0) is 4.79 Å². The molecule has 0 atom stereocenters. The molecule has 0 aliphatic heterocycles. The molecule has 6 heteroatoms. The van der Waals surface area contributed by atoms with E-state index in [4.69, 9.17) is 4.74 Å². The third-order valence-electron chi connectivity index (χ3n) is 2.63. The van der Waals surface area contributed by atoms with Crippen LogP contribution in [0.1, 0.15) is 18.1 Å². The SMILES string of the molecule is CC(=O)Oc1cccc(/C=C/c2ccncc2)c1[N+](=O)[O-]. The minimum Gasteiger partial charge on any atom is -0.419 e. The number of hydrogen-bond acceptors (Lipinski definition) is 5. The van der Waals surface area contributed by atoms with Gasteiger partial charge < -0.3 is 4.74 Å². The van der Waals surface area contributed by atoms with E-state index in [1.165, 1.54) is 13.0 Å². The zero-order chi connectivity index (χ0) is 15.2. The largest absolute Gasteiger partial charge is 0.419 e. The van der Waals surface area contributed by atoms with E-state index >= 15 is 0 Å². The smallest absolute Gasteiger partial charge is 0.318 e. The number of hydrogen-bond donors (Lipinski definition) is 0. The van der Waals surface area contributed by atoms with Crippen molar-refractivity contribution in [3.63, 3.8) is 0 Å². The summed E-state index contributed by atoms with van der Waals surface area (Å²) in [5, 5.41) is 11.2. The minimum absolute atomic E-state index is 0.0654. The monoisotopic (exact) mass is 284 g/mol. The molecular formula is C15H12N2O4. The van der Waals surface area contributed by atoms with Crippen molar-refractivity contribution in [1.82, 2.24) is 4.98 Å². The molecule has 0 saturated carbocycles. The Morgan fingerprint density at radius 1 is 1.24 bits per heavy atom. The van der Waals surface area contributed by atoms with Crippen LogP contribution in [0.5, 0.6) is 5.75 Å². The van der Waals surface area contributed by atoms with Gasteiger partial charge in [0.1, 0.15) is 0 Å². The Kier molecular flexibility index (Phi) is 4.40. The lowest BCUT2D eigenvalue weighted by Gasteiger charge is -2.04. The van der Waals surface area contributed by atoms with Gasteiger partial charge in [0.05, 0.1) is 10.5 Å². The van der Waals surface area contributed by atoms with Crippen LogP contribution in [-0.4, -0.2) is 15.9 Å². The van der Waals surface area contributed by atoms with Crippen molar-refractivity contribution in [2.45, 2.75) is 6.92 Å². The Bertz CT molecular complexity index is 696. The molecule has 0 spiro atoms. The number of carbonyl (C=O) groups is 1. The fourth-order valence-corrected chi connectivity index (χ4v) is 1.77. The lowest BCUT2D eigenvalue weighted by atomic mass is 10.1. The molecule has 106 valence electrons. The first kappa shape index (κ1) is 14.4. The summed E-state index contributed by atoms with van der Waals surface area (Å²) >= 11 is 0. The first-order chi connectivity index (χ1) is 10.1. The number of ether oxygens (including phenoxy) is 1. The Labute approximate surface area is 120 Å². The highest BCUT2D eigenvalue weighted by Gasteiger charge is 2.20. The fourth-order valence-electron chi connectivity index (χ4n) is 1.77. The highest BCUT2D eigenvalue weighted by molar-refractivity contribution is 5.78. The molecule has 0 radical (unpaired) electrons. The molecule has 0 saturated heterocycles. The third kappa shape index (κ3) is 3.73. The standard InChI is InChI=1S/C15H12N2O4/c1-11(18)21-14-4-2-3-13(15(14)17(19)20)6-5-12-7-9-16-10-8-12/h2-10H,1H3/b6-5+. The van der Waals surface area contributed by atoms with Gasteiger partial charge in [0, 0.05) is 19.3 Å². The molecule has 1 aromatic carbocycles. The van der Waals surface area contributed by atoms with Gasteiger partial charge in [-0.2, -0.15) is 0 Å². The van der Waals surface area contributed by atoms with Crippen molar-refractivity contribution < 1.29 is 14.5 Å². The molecule has 2 rings (SSSR count). The summed E-state index contributed by atoms with van der Waals surface area (Å²) in [4.78, 5) is 25.5. The van der Waals surface area contributed by atoms with Crippen LogP contribution in [0.25, 0.3) is 12.2 Å². The van der Waals surface area contributed by atoms with Crippen LogP contribution in [0, 0.1) is 10.1 Å². The molecule has 0 bridgehead atoms. The molecule has 0 unspecified atom stereocenters. The maximum atomic E-state index is 11.2. The van der Waals surface area contributed by atoms with Gasteiger partial charge in [-0.05, 0) is 35.9 Å². The fraction of sp³-hybridized carbons (Fsp3) is 0.0667. The topological polar surface area (TPSA) is 82.3 Å². The maximum Gasteiger partial charge on any atom is 0.318 e. The van der Waals surface area contributed by atoms with Crippen LogP contribution >= 0.6 is 0 Å². The lowest BCUT2D eigenvalue weighted by molar-refractivity contribution is -0.385.